The number of nitrogens with one attached hydrogen (secondary N) is 1. The summed E-state index contributed by atoms with van der Waals surface area (Å²) in [6.07, 6.45) is -1.50. The van der Waals surface area contributed by atoms with Crippen LogP contribution in [0.15, 0.2) is 6.20 Å². The quantitative estimate of drug-likeness (QED) is 0.812. The molecule has 1 N–H and O–H groups in total. The Balaban J connectivity index is 1.71. The number of hydrogen-bond donors (Lipinski definition) is 1. The van der Waals surface area contributed by atoms with E-state index in [-0.39, 0.29) is 29.8 Å². The second kappa shape index (κ2) is 6.94. The summed E-state index contributed by atoms with van der Waals surface area (Å²) in [5, 5.41) is 10.1. The van der Waals surface area contributed by atoms with Crippen LogP contribution in [0.3, 0.4) is 0 Å². The second-order valence-electron chi connectivity index (χ2n) is 6.30. The molecule has 0 unspecified atom stereocenters. The number of amides is 1. The van der Waals surface area contributed by atoms with Crippen LogP contribution in [0.1, 0.15) is 49.2 Å². The van der Waals surface area contributed by atoms with Crippen molar-refractivity contribution in [2.24, 2.45) is 0 Å². The molecular weight excluding hydrogens is 371 g/mol. The molecule has 1 saturated carbocycles. The van der Waals surface area contributed by atoms with Crippen LogP contribution >= 0.6 is 11.6 Å². The zero-order valence-corrected chi connectivity index (χ0v) is 15.2. The van der Waals surface area contributed by atoms with Crippen molar-refractivity contribution >= 4 is 23.2 Å². The van der Waals surface area contributed by atoms with Gasteiger partial charge >= 0.3 is 6.18 Å². The minimum atomic E-state index is -4.61. The highest BCUT2D eigenvalue weighted by Crippen LogP contribution is 2.46. The first-order chi connectivity index (χ1) is 12.2. The topological polar surface area (TPSA) is 64.7 Å². The third kappa shape index (κ3) is 3.72. The predicted octanol–water partition coefficient (Wildman–Crippen LogP) is 3.99. The SMILES string of the molecule is CCn1ncc(NC(=O)CCn2nc(C(F)(F)F)c(Cl)c2C2CC2)c1C. The van der Waals surface area contributed by atoms with E-state index in [1.54, 1.807) is 10.9 Å². The summed E-state index contributed by atoms with van der Waals surface area (Å²) in [7, 11) is 0. The Morgan fingerprint density at radius 3 is 2.62 bits per heavy atom. The van der Waals surface area contributed by atoms with Gasteiger partial charge in [0.05, 0.1) is 34.8 Å². The lowest BCUT2D eigenvalue weighted by Crippen LogP contribution is -2.17. The van der Waals surface area contributed by atoms with E-state index in [0.717, 1.165) is 18.5 Å². The van der Waals surface area contributed by atoms with Crippen LogP contribution in [-0.2, 0) is 24.1 Å². The van der Waals surface area contributed by atoms with E-state index in [0.29, 0.717) is 17.9 Å². The van der Waals surface area contributed by atoms with Gasteiger partial charge in [-0.25, -0.2) is 0 Å². The number of carbonyl (C=O) groups is 1. The smallest absolute Gasteiger partial charge is 0.323 e. The third-order valence-corrected chi connectivity index (χ3v) is 4.76. The van der Waals surface area contributed by atoms with Crippen LogP contribution in [0.4, 0.5) is 18.9 Å². The van der Waals surface area contributed by atoms with Gasteiger partial charge in [-0.05, 0) is 26.7 Å². The van der Waals surface area contributed by atoms with Crippen molar-refractivity contribution < 1.29 is 18.0 Å². The molecule has 26 heavy (non-hydrogen) atoms. The van der Waals surface area contributed by atoms with Crippen LogP contribution in [-0.4, -0.2) is 25.5 Å². The minimum absolute atomic E-state index is 0.00816. The van der Waals surface area contributed by atoms with Crippen molar-refractivity contribution in [3.05, 3.63) is 28.3 Å². The van der Waals surface area contributed by atoms with Gasteiger partial charge in [0.1, 0.15) is 0 Å². The lowest BCUT2D eigenvalue weighted by Gasteiger charge is -2.08. The Kier molecular flexibility index (Phi) is 5.01. The summed E-state index contributed by atoms with van der Waals surface area (Å²) < 4.78 is 42.1. The third-order valence-electron chi connectivity index (χ3n) is 4.39. The fraction of sp³-hybridized carbons (Fsp3) is 0.562. The number of carbonyl (C=O) groups excluding carboxylic acids is 1. The number of alkyl halides is 3. The molecule has 0 saturated heterocycles. The van der Waals surface area contributed by atoms with Gasteiger partial charge in [0, 0.05) is 18.9 Å². The summed E-state index contributed by atoms with van der Waals surface area (Å²) >= 11 is 5.92. The van der Waals surface area contributed by atoms with Crippen LogP contribution in [0.5, 0.6) is 0 Å². The van der Waals surface area contributed by atoms with Gasteiger partial charge in [0.2, 0.25) is 5.91 Å². The molecule has 1 amide bonds. The number of hydrogen-bond acceptors (Lipinski definition) is 3. The first kappa shape index (κ1) is 18.8. The predicted molar refractivity (Wildman–Crippen MR) is 90.1 cm³/mol. The Labute approximate surface area is 153 Å². The minimum Gasteiger partial charge on any atom is -0.323 e. The van der Waals surface area contributed by atoms with E-state index in [9.17, 15) is 18.0 Å². The number of rotatable bonds is 6. The van der Waals surface area contributed by atoms with Crippen molar-refractivity contribution in [1.29, 1.82) is 0 Å². The van der Waals surface area contributed by atoms with E-state index >= 15 is 0 Å². The molecule has 0 aromatic carbocycles. The number of nitrogens with zero attached hydrogens (tertiary/aromatic N) is 4. The molecule has 2 aromatic heterocycles. The molecule has 2 aromatic rings. The van der Waals surface area contributed by atoms with Crippen molar-refractivity contribution in [3.63, 3.8) is 0 Å². The summed E-state index contributed by atoms with van der Waals surface area (Å²) in [6.45, 7) is 4.48. The fourth-order valence-electron chi connectivity index (χ4n) is 2.86. The monoisotopic (exact) mass is 389 g/mol. The fourth-order valence-corrected chi connectivity index (χ4v) is 3.26. The molecule has 1 aliphatic carbocycles. The number of anilines is 1. The largest absolute Gasteiger partial charge is 0.436 e. The van der Waals surface area contributed by atoms with Gasteiger partial charge in [-0.3, -0.25) is 14.2 Å². The molecule has 10 heteroatoms. The summed E-state index contributed by atoms with van der Waals surface area (Å²) in [4.78, 5) is 12.2. The van der Waals surface area contributed by atoms with Gasteiger partial charge in [-0.15, -0.1) is 0 Å². The lowest BCUT2D eigenvalue weighted by molar-refractivity contribution is -0.141. The van der Waals surface area contributed by atoms with Crippen molar-refractivity contribution in [1.82, 2.24) is 19.6 Å². The number of aryl methyl sites for hydroxylation is 2. The van der Waals surface area contributed by atoms with Crippen LogP contribution in [0, 0.1) is 6.92 Å². The molecule has 0 radical (unpaired) electrons. The van der Waals surface area contributed by atoms with Gasteiger partial charge in [-0.2, -0.15) is 23.4 Å². The van der Waals surface area contributed by atoms with E-state index in [1.165, 1.54) is 4.68 Å². The van der Waals surface area contributed by atoms with E-state index in [2.05, 4.69) is 15.5 Å². The summed E-state index contributed by atoms with van der Waals surface area (Å²) in [5.41, 5.74) is 0.707. The van der Waals surface area contributed by atoms with E-state index in [1.807, 2.05) is 13.8 Å². The summed E-state index contributed by atoms with van der Waals surface area (Å²) in [6, 6.07) is 0. The second-order valence-corrected chi connectivity index (χ2v) is 6.68. The number of halogens is 4. The highest BCUT2D eigenvalue weighted by atomic mass is 35.5. The van der Waals surface area contributed by atoms with Crippen LogP contribution < -0.4 is 5.32 Å². The molecule has 1 fully saturated rings. The molecule has 0 atom stereocenters. The van der Waals surface area contributed by atoms with Gasteiger partial charge < -0.3 is 5.32 Å². The normalized spacial score (nSPS) is 14.7. The zero-order valence-electron chi connectivity index (χ0n) is 14.4. The Morgan fingerprint density at radius 2 is 2.08 bits per heavy atom. The van der Waals surface area contributed by atoms with Crippen molar-refractivity contribution in [2.45, 2.75) is 58.3 Å². The molecule has 142 valence electrons. The van der Waals surface area contributed by atoms with E-state index in [4.69, 9.17) is 11.6 Å². The molecule has 1 aliphatic rings. The van der Waals surface area contributed by atoms with Crippen molar-refractivity contribution in [2.75, 3.05) is 5.32 Å². The molecule has 2 heterocycles. The molecule has 0 aliphatic heterocycles. The van der Waals surface area contributed by atoms with Crippen molar-refractivity contribution in [3.8, 4) is 0 Å². The maximum absolute atomic E-state index is 13.0. The standard InChI is InChI=1S/C16H19ClF3N5O/c1-3-24-9(2)11(8-21-24)22-12(26)6-7-25-14(10-4-5-10)13(17)15(23-25)16(18,19)20/h8,10H,3-7H2,1-2H3,(H,22,26). The Bertz CT molecular complexity index is 823. The lowest BCUT2D eigenvalue weighted by atomic mass is 10.2. The Hall–Kier alpha value is -2.03. The van der Waals surface area contributed by atoms with Crippen LogP contribution in [0.25, 0.3) is 0 Å². The zero-order chi connectivity index (χ0) is 19.1. The van der Waals surface area contributed by atoms with E-state index < -0.39 is 11.9 Å². The first-order valence-electron chi connectivity index (χ1n) is 8.38. The molecule has 0 spiro atoms. The van der Waals surface area contributed by atoms with Gasteiger partial charge in [0.25, 0.3) is 0 Å². The molecular formula is C16H19ClF3N5O. The first-order valence-corrected chi connectivity index (χ1v) is 8.75. The molecule has 6 nitrogen and oxygen atoms in total. The Morgan fingerprint density at radius 1 is 1.38 bits per heavy atom. The average molecular weight is 390 g/mol. The van der Waals surface area contributed by atoms with Gasteiger partial charge in [-0.1, -0.05) is 11.6 Å². The van der Waals surface area contributed by atoms with Gasteiger partial charge in [0.15, 0.2) is 5.69 Å². The maximum Gasteiger partial charge on any atom is 0.436 e. The molecule has 0 bridgehead atoms. The number of aromatic nitrogens is 4. The molecule has 3 rings (SSSR count). The maximum atomic E-state index is 13.0. The summed E-state index contributed by atoms with van der Waals surface area (Å²) in [5.74, 6) is -0.329. The average Bonchev–Trinajstić information content (AvgIpc) is 3.25. The highest BCUT2D eigenvalue weighted by Gasteiger charge is 2.42. The van der Waals surface area contributed by atoms with Crippen LogP contribution in [0.2, 0.25) is 5.02 Å². The highest BCUT2D eigenvalue weighted by molar-refractivity contribution is 6.32.